The van der Waals surface area contributed by atoms with Crippen LogP contribution < -0.4 is 9.80 Å². The van der Waals surface area contributed by atoms with Crippen molar-refractivity contribution in [3.05, 3.63) is 215 Å². The molecule has 0 N–H and O–H groups in total. The topological polar surface area (TPSA) is 6.48 Å². The predicted molar refractivity (Wildman–Crippen MR) is 246 cm³/mol. The van der Waals surface area contributed by atoms with Gasteiger partial charge in [-0.1, -0.05) is 137 Å². The van der Waals surface area contributed by atoms with E-state index in [9.17, 15) is 0 Å². The zero-order valence-electron chi connectivity index (χ0n) is 34.2. The van der Waals surface area contributed by atoms with Gasteiger partial charge in [-0.15, -0.1) is 0 Å². The van der Waals surface area contributed by atoms with Crippen LogP contribution in [0.3, 0.4) is 0 Å². The zero-order chi connectivity index (χ0) is 39.8. The summed E-state index contributed by atoms with van der Waals surface area (Å²) in [5, 5.41) is 0. The molecule has 0 heterocycles. The first-order valence-corrected chi connectivity index (χ1v) is 20.5. The number of fused-ring (bicyclic) bond motifs is 6. The van der Waals surface area contributed by atoms with Crippen LogP contribution in [0.2, 0.25) is 0 Å². The van der Waals surface area contributed by atoms with E-state index in [-0.39, 0.29) is 10.8 Å². The highest BCUT2D eigenvalue weighted by atomic mass is 15.1. The minimum absolute atomic E-state index is 0.0940. The average Bonchev–Trinajstić information content (AvgIpc) is 3.60. The number of nitrogens with zero attached hydrogens (tertiary/aromatic N) is 2. The highest BCUT2D eigenvalue weighted by Gasteiger charge is 2.37. The second-order valence-corrected chi connectivity index (χ2v) is 17.3. The first-order valence-electron chi connectivity index (χ1n) is 20.5. The van der Waals surface area contributed by atoms with Crippen LogP contribution in [0.15, 0.2) is 182 Å². The summed E-state index contributed by atoms with van der Waals surface area (Å²) in [6.45, 7) is 13.9. The first kappa shape index (κ1) is 35.8. The smallest absolute Gasteiger partial charge is 0.0470 e. The second-order valence-electron chi connectivity index (χ2n) is 17.3. The normalized spacial score (nSPS) is 14.0. The lowest BCUT2D eigenvalue weighted by atomic mass is 9.82. The third kappa shape index (κ3) is 5.78. The number of benzene rings is 8. The lowest BCUT2D eigenvalue weighted by Gasteiger charge is -2.29. The van der Waals surface area contributed by atoms with Gasteiger partial charge in [-0.3, -0.25) is 0 Å². The minimum Gasteiger partial charge on any atom is -0.310 e. The molecule has 2 aliphatic carbocycles. The van der Waals surface area contributed by atoms with E-state index in [1.807, 2.05) is 0 Å². The summed E-state index contributed by atoms with van der Waals surface area (Å²) >= 11 is 0. The van der Waals surface area contributed by atoms with Crippen LogP contribution in [0.5, 0.6) is 0 Å². The van der Waals surface area contributed by atoms with Gasteiger partial charge >= 0.3 is 0 Å². The van der Waals surface area contributed by atoms with Crippen LogP contribution in [0.4, 0.5) is 34.1 Å². The predicted octanol–water partition coefficient (Wildman–Crippen LogP) is 15.5. The fraction of sp³-hybridized carbons (Fsp3) is 0.143. The van der Waals surface area contributed by atoms with E-state index >= 15 is 0 Å². The fourth-order valence-electron chi connectivity index (χ4n) is 9.83. The van der Waals surface area contributed by atoms with E-state index in [4.69, 9.17) is 0 Å². The van der Waals surface area contributed by atoms with Crippen molar-refractivity contribution in [3.63, 3.8) is 0 Å². The van der Waals surface area contributed by atoms with E-state index in [1.165, 1.54) is 66.8 Å². The Hall–Kier alpha value is -6.64. The highest BCUT2D eigenvalue weighted by Crippen LogP contribution is 2.52. The lowest BCUT2D eigenvalue weighted by Crippen LogP contribution is -2.16. The molecule has 58 heavy (non-hydrogen) atoms. The maximum atomic E-state index is 2.42. The van der Waals surface area contributed by atoms with Gasteiger partial charge in [0.15, 0.2) is 0 Å². The highest BCUT2D eigenvalue weighted by molar-refractivity contribution is 5.89. The Labute approximate surface area is 343 Å². The van der Waals surface area contributed by atoms with Crippen LogP contribution in [-0.4, -0.2) is 0 Å². The summed E-state index contributed by atoms with van der Waals surface area (Å²) in [5.41, 5.74) is 22.3. The second kappa shape index (κ2) is 13.5. The minimum atomic E-state index is -0.0940. The van der Waals surface area contributed by atoms with Crippen molar-refractivity contribution in [2.75, 3.05) is 9.80 Å². The Morgan fingerprint density at radius 3 is 1.07 bits per heavy atom. The molecular weight excluding hydrogens is 701 g/mol. The Balaban J connectivity index is 1.10. The van der Waals surface area contributed by atoms with E-state index in [0.717, 1.165) is 34.1 Å². The number of hydrogen-bond acceptors (Lipinski definition) is 2. The third-order valence-corrected chi connectivity index (χ3v) is 12.7. The average molecular weight is 749 g/mol. The van der Waals surface area contributed by atoms with Crippen LogP contribution in [0, 0.1) is 13.8 Å². The molecule has 0 aromatic heterocycles. The summed E-state index contributed by atoms with van der Waals surface area (Å²) < 4.78 is 0. The van der Waals surface area contributed by atoms with Gasteiger partial charge < -0.3 is 9.80 Å². The van der Waals surface area contributed by atoms with Crippen molar-refractivity contribution < 1.29 is 0 Å². The Bertz CT molecular complexity index is 2670. The number of anilines is 6. The van der Waals surface area contributed by atoms with Gasteiger partial charge in [-0.05, 0) is 153 Å². The van der Waals surface area contributed by atoms with Crippen molar-refractivity contribution in [1.29, 1.82) is 0 Å². The molecule has 8 aromatic carbocycles. The largest absolute Gasteiger partial charge is 0.310 e. The molecule has 0 radical (unpaired) electrons. The molecule has 0 bridgehead atoms. The SMILES string of the molecule is Cc1cc(-c2cc(C)cc(N(c3ccccc3)c3ccc4c(c3)C(C)(C)c3ccccc3-4)c2)cc(N(c2ccccc2)c2ccc3c(c2)C(C)(C)c2ccccc2-3)c1. The van der Waals surface area contributed by atoms with Gasteiger partial charge in [-0.2, -0.15) is 0 Å². The van der Waals surface area contributed by atoms with Gasteiger partial charge in [-0.25, -0.2) is 0 Å². The Kier molecular flexibility index (Phi) is 8.32. The van der Waals surface area contributed by atoms with E-state index < -0.39 is 0 Å². The standard InChI is InChI=1S/C56H48N2/c1-37-29-39(33-45(31-37)57(41-17-9-7-10-18-41)43-25-27-49-47-21-13-15-23-51(47)55(3,4)53(49)35-43)40-30-38(2)32-46(34-40)58(42-19-11-8-12-20-42)44-26-28-50-48-22-14-16-24-52(48)56(5,6)54(50)36-44/h7-36H,1-6H3. The molecule has 0 aliphatic heterocycles. The summed E-state index contributed by atoms with van der Waals surface area (Å²) in [4.78, 5) is 4.85. The molecule has 2 aliphatic rings. The molecule has 0 atom stereocenters. The molecule has 0 unspecified atom stereocenters. The zero-order valence-corrected chi connectivity index (χ0v) is 34.2. The number of rotatable bonds is 7. The summed E-state index contributed by atoms with van der Waals surface area (Å²) in [7, 11) is 0. The number of para-hydroxylation sites is 2. The van der Waals surface area contributed by atoms with Crippen molar-refractivity contribution in [1.82, 2.24) is 0 Å². The molecule has 8 aromatic rings. The fourth-order valence-corrected chi connectivity index (χ4v) is 9.83. The first-order chi connectivity index (χ1) is 28.1. The summed E-state index contributed by atoms with van der Waals surface area (Å²) in [6, 6.07) is 67.5. The molecule has 2 nitrogen and oxygen atoms in total. The summed E-state index contributed by atoms with van der Waals surface area (Å²) in [6.07, 6.45) is 0. The van der Waals surface area contributed by atoms with Crippen molar-refractivity contribution in [3.8, 4) is 33.4 Å². The van der Waals surface area contributed by atoms with Crippen LogP contribution >= 0.6 is 0 Å². The van der Waals surface area contributed by atoms with Gasteiger partial charge in [0.05, 0.1) is 0 Å². The van der Waals surface area contributed by atoms with Crippen LogP contribution in [0.1, 0.15) is 61.1 Å². The van der Waals surface area contributed by atoms with Crippen LogP contribution in [-0.2, 0) is 10.8 Å². The molecule has 0 amide bonds. The van der Waals surface area contributed by atoms with E-state index in [1.54, 1.807) is 0 Å². The molecule has 2 heteroatoms. The third-order valence-electron chi connectivity index (χ3n) is 12.7. The Morgan fingerprint density at radius 2 is 0.655 bits per heavy atom. The Morgan fingerprint density at radius 1 is 0.293 bits per heavy atom. The number of hydrogen-bond donors (Lipinski definition) is 0. The van der Waals surface area contributed by atoms with Crippen molar-refractivity contribution in [2.45, 2.75) is 52.4 Å². The molecule has 0 saturated heterocycles. The van der Waals surface area contributed by atoms with E-state index in [0.29, 0.717) is 0 Å². The van der Waals surface area contributed by atoms with Gasteiger partial charge in [0, 0.05) is 45.0 Å². The molecule has 0 saturated carbocycles. The van der Waals surface area contributed by atoms with Crippen molar-refractivity contribution >= 4 is 34.1 Å². The van der Waals surface area contributed by atoms with E-state index in [2.05, 4.69) is 233 Å². The molecular formula is C56H48N2. The molecule has 0 spiro atoms. The number of aryl methyl sites for hydroxylation is 2. The van der Waals surface area contributed by atoms with Gasteiger partial charge in [0.25, 0.3) is 0 Å². The van der Waals surface area contributed by atoms with Gasteiger partial charge in [0.2, 0.25) is 0 Å². The van der Waals surface area contributed by atoms with Crippen LogP contribution in [0.25, 0.3) is 33.4 Å². The maximum absolute atomic E-state index is 2.42. The monoisotopic (exact) mass is 748 g/mol. The molecule has 10 rings (SSSR count). The van der Waals surface area contributed by atoms with Crippen molar-refractivity contribution in [2.24, 2.45) is 0 Å². The lowest BCUT2D eigenvalue weighted by molar-refractivity contribution is 0.660. The maximum Gasteiger partial charge on any atom is 0.0470 e. The van der Waals surface area contributed by atoms with Gasteiger partial charge in [0.1, 0.15) is 0 Å². The molecule has 282 valence electrons. The molecule has 0 fully saturated rings. The quantitative estimate of drug-likeness (QED) is 0.160. The summed E-state index contributed by atoms with van der Waals surface area (Å²) in [5.74, 6) is 0.